The van der Waals surface area contributed by atoms with Gasteiger partial charge in [0.1, 0.15) is 0 Å². The Morgan fingerprint density at radius 2 is 2.00 bits per heavy atom. The molecule has 1 nitrogen and oxygen atoms in total. The van der Waals surface area contributed by atoms with Crippen molar-refractivity contribution in [2.45, 2.75) is 38.5 Å². The molecule has 73 valence electrons. The van der Waals surface area contributed by atoms with Crippen molar-refractivity contribution in [3.63, 3.8) is 0 Å². The van der Waals surface area contributed by atoms with E-state index >= 15 is 0 Å². The van der Waals surface area contributed by atoms with Crippen LogP contribution in [0.4, 0.5) is 0 Å². The molecule has 0 spiro atoms. The zero-order valence-electron chi connectivity index (χ0n) is 8.40. The Hall–Kier alpha value is 0.657. The summed E-state index contributed by atoms with van der Waals surface area (Å²) in [6.07, 6.45) is 2.24. The molecule has 0 aromatic carbocycles. The van der Waals surface area contributed by atoms with Crippen molar-refractivity contribution in [2.24, 2.45) is 0 Å². The van der Waals surface area contributed by atoms with E-state index in [9.17, 15) is 0 Å². The molecule has 0 fully saturated rings. The van der Waals surface area contributed by atoms with Gasteiger partial charge in [-0.2, -0.15) is 0 Å². The molecule has 0 amide bonds. The third-order valence-electron chi connectivity index (χ3n) is 1.54. The monoisotopic (exact) mass is 251 g/mol. The van der Waals surface area contributed by atoms with E-state index in [1.807, 2.05) is 6.61 Å². The molecule has 12 heavy (non-hydrogen) atoms. The van der Waals surface area contributed by atoms with Gasteiger partial charge in [0.05, 0.1) is 6.61 Å². The van der Waals surface area contributed by atoms with Crippen molar-refractivity contribution in [3.05, 3.63) is 6.61 Å². The molecule has 0 aromatic rings. The highest BCUT2D eigenvalue weighted by atomic mass is 79.9. The molecule has 0 heterocycles. The van der Waals surface area contributed by atoms with Gasteiger partial charge in [0.15, 0.2) is 0 Å². The minimum Gasteiger partial charge on any atom is -0.376 e. The summed E-state index contributed by atoms with van der Waals surface area (Å²) in [6, 6.07) is 1.26. The molecule has 1 radical (unpaired) electrons. The molecule has 0 saturated heterocycles. The summed E-state index contributed by atoms with van der Waals surface area (Å²) in [5.74, 6) is 0. The molecular weight excluding hydrogens is 232 g/mol. The van der Waals surface area contributed by atoms with Crippen LogP contribution in [0.1, 0.15) is 12.8 Å². The van der Waals surface area contributed by atoms with Crippen molar-refractivity contribution in [3.8, 4) is 0 Å². The summed E-state index contributed by atoms with van der Waals surface area (Å²) >= 11 is 3.38. The number of ether oxygens (including phenoxy) is 1. The predicted molar refractivity (Wildman–Crippen MR) is 61.4 cm³/mol. The number of unbranched alkanes of at least 4 members (excludes halogenated alkanes) is 1. The first-order chi connectivity index (χ1) is 5.56. The lowest BCUT2D eigenvalue weighted by Gasteiger charge is -2.14. The van der Waals surface area contributed by atoms with Crippen LogP contribution in [0.2, 0.25) is 25.7 Å². The van der Waals surface area contributed by atoms with E-state index in [0.717, 1.165) is 18.4 Å². The lowest BCUT2D eigenvalue weighted by Crippen LogP contribution is -2.21. The first-order valence-electron chi connectivity index (χ1n) is 4.55. The van der Waals surface area contributed by atoms with Crippen LogP contribution >= 0.6 is 15.9 Å². The Morgan fingerprint density at radius 3 is 2.50 bits per heavy atom. The summed E-state index contributed by atoms with van der Waals surface area (Å²) in [5, 5.41) is 1.07. The van der Waals surface area contributed by atoms with Gasteiger partial charge in [-0.05, 0) is 18.9 Å². The van der Waals surface area contributed by atoms with Gasteiger partial charge >= 0.3 is 0 Å². The Morgan fingerprint density at radius 1 is 1.33 bits per heavy atom. The van der Waals surface area contributed by atoms with E-state index in [1.165, 1.54) is 12.5 Å². The molecule has 0 unspecified atom stereocenters. The molecule has 0 bridgehead atoms. The third kappa shape index (κ3) is 10.7. The quantitative estimate of drug-likeness (QED) is 0.381. The van der Waals surface area contributed by atoms with Crippen LogP contribution in [-0.4, -0.2) is 20.0 Å². The zero-order chi connectivity index (χ0) is 9.45. The smallest absolute Gasteiger partial charge is 0.0836 e. The Kier molecular flexibility index (Phi) is 7.49. The van der Waals surface area contributed by atoms with E-state index < -0.39 is 8.07 Å². The largest absolute Gasteiger partial charge is 0.376 e. The molecule has 0 aliphatic carbocycles. The number of hydrogen-bond donors (Lipinski definition) is 0. The van der Waals surface area contributed by atoms with Crippen molar-refractivity contribution < 1.29 is 4.74 Å². The minimum absolute atomic E-state index is 0.880. The highest BCUT2D eigenvalue weighted by molar-refractivity contribution is 9.09. The Labute approximate surface area is 86.0 Å². The maximum Gasteiger partial charge on any atom is 0.0836 e. The topological polar surface area (TPSA) is 9.23 Å². The van der Waals surface area contributed by atoms with Crippen molar-refractivity contribution in [1.82, 2.24) is 0 Å². The highest BCUT2D eigenvalue weighted by Crippen LogP contribution is 2.08. The highest BCUT2D eigenvalue weighted by Gasteiger charge is 2.11. The van der Waals surface area contributed by atoms with Gasteiger partial charge in [-0.15, -0.1) is 0 Å². The second-order valence-corrected chi connectivity index (χ2v) is 10.6. The van der Waals surface area contributed by atoms with Crippen molar-refractivity contribution in [2.75, 3.05) is 11.9 Å². The normalized spacial score (nSPS) is 12.0. The predicted octanol–water partition coefficient (Wildman–Crippen LogP) is 3.68. The fourth-order valence-corrected chi connectivity index (χ4v) is 1.75. The maximum atomic E-state index is 5.40. The van der Waals surface area contributed by atoms with Crippen LogP contribution in [0.15, 0.2) is 0 Å². The number of rotatable bonds is 7. The fraction of sp³-hybridized carbons (Fsp3) is 0.889. The average Bonchev–Trinajstić information content (AvgIpc) is 1.94. The number of hydrogen-bond acceptors (Lipinski definition) is 1. The van der Waals surface area contributed by atoms with Crippen LogP contribution in [0.5, 0.6) is 0 Å². The summed E-state index contributed by atoms with van der Waals surface area (Å²) < 4.78 is 5.40. The van der Waals surface area contributed by atoms with Crippen LogP contribution < -0.4 is 0 Å². The Balaban J connectivity index is 3.01. The van der Waals surface area contributed by atoms with Gasteiger partial charge in [0.25, 0.3) is 0 Å². The zero-order valence-corrected chi connectivity index (χ0v) is 11.0. The molecule has 0 aliphatic rings. The van der Waals surface area contributed by atoms with Crippen molar-refractivity contribution >= 4 is 24.0 Å². The van der Waals surface area contributed by atoms with E-state index in [0.29, 0.717) is 0 Å². The van der Waals surface area contributed by atoms with Gasteiger partial charge < -0.3 is 4.74 Å². The first kappa shape index (κ1) is 12.7. The lowest BCUT2D eigenvalue weighted by atomic mass is 10.4. The summed E-state index contributed by atoms with van der Waals surface area (Å²) in [5.41, 5.74) is 0. The summed E-state index contributed by atoms with van der Waals surface area (Å²) in [4.78, 5) is 0. The molecule has 0 aromatic heterocycles. The summed E-state index contributed by atoms with van der Waals surface area (Å²) in [7, 11) is -0.880. The van der Waals surface area contributed by atoms with Gasteiger partial charge in [0, 0.05) is 20.0 Å². The lowest BCUT2D eigenvalue weighted by molar-refractivity contribution is 0.206. The second-order valence-electron chi connectivity index (χ2n) is 4.18. The third-order valence-corrected chi connectivity index (χ3v) is 3.81. The van der Waals surface area contributed by atoms with E-state index in [2.05, 4.69) is 35.6 Å². The molecule has 0 aliphatic heterocycles. The average molecular weight is 252 g/mol. The SMILES string of the molecule is C[Si](C)(C)CCO[CH]CCCBr. The van der Waals surface area contributed by atoms with E-state index in [-0.39, 0.29) is 0 Å². The fourth-order valence-electron chi connectivity index (χ4n) is 0.692. The van der Waals surface area contributed by atoms with Gasteiger partial charge in [-0.3, -0.25) is 0 Å². The molecular formula is C9H20BrOSi. The summed E-state index contributed by atoms with van der Waals surface area (Å²) in [6.45, 7) is 9.97. The van der Waals surface area contributed by atoms with Gasteiger partial charge in [0.2, 0.25) is 0 Å². The Bertz CT molecular complexity index is 101. The van der Waals surface area contributed by atoms with Crippen molar-refractivity contribution in [1.29, 1.82) is 0 Å². The van der Waals surface area contributed by atoms with Crippen LogP contribution in [0.25, 0.3) is 0 Å². The van der Waals surface area contributed by atoms with Crippen LogP contribution in [-0.2, 0) is 4.74 Å². The first-order valence-corrected chi connectivity index (χ1v) is 9.38. The van der Waals surface area contributed by atoms with Gasteiger partial charge in [-0.1, -0.05) is 35.6 Å². The standard InChI is InChI=1S/C9H20BrOSi/c1-12(2,3)9-8-11-7-5-4-6-10/h7H,4-6,8-9H2,1-3H3. The minimum atomic E-state index is -0.880. The number of alkyl halides is 1. The molecule has 3 heteroatoms. The van der Waals surface area contributed by atoms with Crippen LogP contribution in [0.3, 0.4) is 0 Å². The molecule has 0 saturated carbocycles. The maximum absolute atomic E-state index is 5.40. The van der Waals surface area contributed by atoms with Gasteiger partial charge in [-0.25, -0.2) is 0 Å². The second kappa shape index (κ2) is 7.10. The molecule has 0 N–H and O–H groups in total. The van der Waals surface area contributed by atoms with Crippen LogP contribution in [0, 0.1) is 6.61 Å². The number of halogens is 1. The van der Waals surface area contributed by atoms with E-state index in [1.54, 1.807) is 0 Å². The van der Waals surface area contributed by atoms with E-state index in [4.69, 9.17) is 4.74 Å². The molecule has 0 atom stereocenters. The molecule has 0 rings (SSSR count).